The van der Waals surface area contributed by atoms with Crippen LogP contribution in [-0.2, 0) is 9.68 Å². The summed E-state index contributed by atoms with van der Waals surface area (Å²) < 4.78 is 51.9. The van der Waals surface area contributed by atoms with Crippen molar-refractivity contribution in [3.05, 3.63) is 0 Å². The molecular weight excluding hydrogens is 180 g/mol. The standard InChI is InChI=1S/C6H10F4O2/c1-3-6(8,9)11-5(2,4-7)12-10/h3-4H2,1-2H3. The summed E-state index contributed by atoms with van der Waals surface area (Å²) >= 11 is 0. The topological polar surface area (TPSA) is 18.5 Å². The number of ether oxygens (including phenoxy) is 1. The monoisotopic (exact) mass is 190 g/mol. The summed E-state index contributed by atoms with van der Waals surface area (Å²) in [6.45, 7) is 0.381. The van der Waals surface area contributed by atoms with Crippen LogP contribution < -0.4 is 0 Å². The third-order valence-corrected chi connectivity index (χ3v) is 1.18. The van der Waals surface area contributed by atoms with Crippen molar-refractivity contribution in [3.8, 4) is 0 Å². The first-order chi connectivity index (χ1) is 5.39. The van der Waals surface area contributed by atoms with Gasteiger partial charge in [0.2, 0.25) is 5.79 Å². The molecule has 2 nitrogen and oxygen atoms in total. The fraction of sp³-hybridized carbons (Fsp3) is 1.00. The summed E-state index contributed by atoms with van der Waals surface area (Å²) in [5, 5.41) is 0. The van der Waals surface area contributed by atoms with Crippen LogP contribution in [0.4, 0.5) is 17.7 Å². The zero-order chi connectivity index (χ0) is 9.83. The van der Waals surface area contributed by atoms with Gasteiger partial charge in [0, 0.05) is 6.42 Å². The molecule has 0 saturated carbocycles. The molecule has 12 heavy (non-hydrogen) atoms. The Hall–Kier alpha value is -0.360. The van der Waals surface area contributed by atoms with Gasteiger partial charge in [0.1, 0.15) is 6.67 Å². The molecule has 74 valence electrons. The van der Waals surface area contributed by atoms with Gasteiger partial charge in [0.15, 0.2) is 0 Å². The maximum Gasteiger partial charge on any atom is 0.358 e. The van der Waals surface area contributed by atoms with Crippen molar-refractivity contribution in [2.45, 2.75) is 32.2 Å². The molecule has 1 unspecified atom stereocenters. The minimum atomic E-state index is -3.58. The van der Waals surface area contributed by atoms with E-state index < -0.39 is 25.0 Å². The van der Waals surface area contributed by atoms with Crippen molar-refractivity contribution in [1.82, 2.24) is 0 Å². The van der Waals surface area contributed by atoms with Crippen LogP contribution in [0.25, 0.3) is 0 Å². The number of hydrogen-bond acceptors (Lipinski definition) is 2. The van der Waals surface area contributed by atoms with Gasteiger partial charge in [0.25, 0.3) is 0 Å². The summed E-state index contributed by atoms with van der Waals surface area (Å²) in [4.78, 5) is 2.95. The first-order valence-electron chi connectivity index (χ1n) is 3.33. The predicted molar refractivity (Wildman–Crippen MR) is 32.9 cm³/mol. The Morgan fingerprint density at radius 3 is 2.08 bits per heavy atom. The Morgan fingerprint density at radius 1 is 1.33 bits per heavy atom. The molecule has 0 aromatic carbocycles. The van der Waals surface area contributed by atoms with Gasteiger partial charge in [-0.25, -0.2) is 4.39 Å². The first kappa shape index (κ1) is 11.6. The summed E-state index contributed by atoms with van der Waals surface area (Å²) in [6.07, 6.45) is -4.25. The van der Waals surface area contributed by atoms with E-state index in [9.17, 15) is 17.7 Å². The van der Waals surface area contributed by atoms with Gasteiger partial charge in [-0.2, -0.15) is 13.7 Å². The average Bonchev–Trinajstić information content (AvgIpc) is 2.04. The number of alkyl halides is 3. The minimum absolute atomic E-state index is 0.675. The molecule has 6 heteroatoms. The molecule has 0 aromatic heterocycles. The van der Waals surface area contributed by atoms with Crippen LogP contribution in [-0.4, -0.2) is 18.6 Å². The summed E-state index contributed by atoms with van der Waals surface area (Å²) in [5.41, 5.74) is 0. The molecular formula is C6H10F4O2. The van der Waals surface area contributed by atoms with Crippen LogP contribution in [0.2, 0.25) is 0 Å². The van der Waals surface area contributed by atoms with Gasteiger partial charge in [-0.15, -0.1) is 0 Å². The van der Waals surface area contributed by atoms with E-state index in [0.717, 1.165) is 13.8 Å². The SMILES string of the molecule is CCC(F)(F)OC(C)(CF)OF. The Morgan fingerprint density at radius 2 is 1.83 bits per heavy atom. The average molecular weight is 190 g/mol. The summed E-state index contributed by atoms with van der Waals surface area (Å²) in [7, 11) is 0. The second kappa shape index (κ2) is 4.04. The van der Waals surface area contributed by atoms with E-state index in [0.29, 0.717) is 0 Å². The molecule has 0 aromatic rings. The van der Waals surface area contributed by atoms with Crippen molar-refractivity contribution in [2.75, 3.05) is 6.67 Å². The molecule has 0 fully saturated rings. The fourth-order valence-electron chi connectivity index (χ4n) is 0.452. The Kier molecular flexibility index (Phi) is 3.92. The maximum atomic E-state index is 12.4. The van der Waals surface area contributed by atoms with Gasteiger partial charge >= 0.3 is 6.11 Å². The van der Waals surface area contributed by atoms with Gasteiger partial charge in [0.05, 0.1) is 0 Å². The quantitative estimate of drug-likeness (QED) is 0.490. The Balaban J connectivity index is 4.20. The third-order valence-electron chi connectivity index (χ3n) is 1.18. The van der Waals surface area contributed by atoms with Crippen LogP contribution in [0.3, 0.4) is 0 Å². The smallest absolute Gasteiger partial charge is 0.282 e. The molecule has 0 amide bonds. The molecule has 0 spiro atoms. The molecule has 0 aliphatic rings. The fourth-order valence-corrected chi connectivity index (χ4v) is 0.452. The molecule has 0 heterocycles. The minimum Gasteiger partial charge on any atom is -0.282 e. The zero-order valence-electron chi connectivity index (χ0n) is 6.74. The van der Waals surface area contributed by atoms with Crippen LogP contribution in [0.15, 0.2) is 0 Å². The molecule has 0 N–H and O–H groups in total. The number of hydrogen-bond donors (Lipinski definition) is 0. The lowest BCUT2D eigenvalue weighted by Crippen LogP contribution is -2.39. The highest BCUT2D eigenvalue weighted by atomic mass is 19.3. The molecule has 0 saturated heterocycles. The van der Waals surface area contributed by atoms with E-state index in [2.05, 4.69) is 9.68 Å². The normalized spacial score (nSPS) is 17.5. The third kappa shape index (κ3) is 3.36. The van der Waals surface area contributed by atoms with Gasteiger partial charge in [-0.3, -0.25) is 4.74 Å². The summed E-state index contributed by atoms with van der Waals surface area (Å²) in [6, 6.07) is 0. The molecule has 0 aliphatic heterocycles. The number of halogens is 4. The number of rotatable bonds is 5. The first-order valence-corrected chi connectivity index (χ1v) is 3.33. The van der Waals surface area contributed by atoms with Crippen LogP contribution in [0, 0.1) is 0 Å². The lowest BCUT2D eigenvalue weighted by molar-refractivity contribution is -0.416. The van der Waals surface area contributed by atoms with Crippen molar-refractivity contribution in [2.24, 2.45) is 0 Å². The maximum absolute atomic E-state index is 12.4. The molecule has 0 rings (SSSR count). The Labute approximate surface area is 67.4 Å². The van der Waals surface area contributed by atoms with Crippen molar-refractivity contribution < 1.29 is 27.4 Å². The lowest BCUT2D eigenvalue weighted by atomic mass is 10.3. The van der Waals surface area contributed by atoms with Crippen LogP contribution >= 0.6 is 0 Å². The largest absolute Gasteiger partial charge is 0.358 e. The van der Waals surface area contributed by atoms with E-state index in [1.807, 2.05) is 0 Å². The second-order valence-electron chi connectivity index (χ2n) is 2.44. The van der Waals surface area contributed by atoms with Crippen molar-refractivity contribution >= 4 is 0 Å². The van der Waals surface area contributed by atoms with E-state index >= 15 is 0 Å². The zero-order valence-corrected chi connectivity index (χ0v) is 6.74. The predicted octanol–water partition coefficient (Wildman–Crippen LogP) is 2.59. The second-order valence-corrected chi connectivity index (χ2v) is 2.44. The highest BCUT2D eigenvalue weighted by Gasteiger charge is 2.40. The van der Waals surface area contributed by atoms with Crippen molar-refractivity contribution in [3.63, 3.8) is 0 Å². The molecule has 0 bridgehead atoms. The molecule has 1 atom stereocenters. The van der Waals surface area contributed by atoms with Crippen LogP contribution in [0.5, 0.6) is 0 Å². The lowest BCUT2D eigenvalue weighted by Gasteiger charge is -2.26. The highest BCUT2D eigenvalue weighted by Crippen LogP contribution is 2.28. The van der Waals surface area contributed by atoms with Gasteiger partial charge in [-0.05, 0) is 11.4 Å². The van der Waals surface area contributed by atoms with Gasteiger partial charge < -0.3 is 0 Å². The van der Waals surface area contributed by atoms with Crippen LogP contribution in [0.1, 0.15) is 20.3 Å². The van der Waals surface area contributed by atoms with E-state index in [1.54, 1.807) is 0 Å². The van der Waals surface area contributed by atoms with E-state index in [4.69, 9.17) is 0 Å². The molecule has 0 aliphatic carbocycles. The van der Waals surface area contributed by atoms with Crippen molar-refractivity contribution in [1.29, 1.82) is 0 Å². The summed E-state index contributed by atoms with van der Waals surface area (Å²) in [5.74, 6) is -2.51. The van der Waals surface area contributed by atoms with E-state index in [-0.39, 0.29) is 0 Å². The van der Waals surface area contributed by atoms with E-state index in [1.165, 1.54) is 0 Å². The molecule has 0 radical (unpaired) electrons. The Bertz CT molecular complexity index is 136. The highest BCUT2D eigenvalue weighted by molar-refractivity contribution is 4.62. The van der Waals surface area contributed by atoms with Gasteiger partial charge in [-0.1, -0.05) is 6.92 Å².